The lowest BCUT2D eigenvalue weighted by Gasteiger charge is -2.25. The van der Waals surface area contributed by atoms with Crippen LogP contribution in [0, 0.1) is 13.8 Å². The smallest absolute Gasteiger partial charge is 0.375 e. The van der Waals surface area contributed by atoms with Gasteiger partial charge in [0.1, 0.15) is 12.5 Å². The van der Waals surface area contributed by atoms with E-state index in [1.807, 2.05) is 44.3 Å². The standard InChI is InChI=1S/C14H16ClN3O.C10H4Cl5N3O2/c1-11-5-3-6-12(2)14(11)18(13(19)9-15)10-17-8-4-7-16-17;11-4-1-2-6(5(12)3-4)18-9(10(13,14)15)16-7(17-18)8(19)20/h3-8H,9-10H2,1-2H3;1-3H,(H,19,20). The SMILES string of the molecule is Cc1cccc(C)c1N(Cn1cccn1)C(=O)CCl.O=C(O)c1nc(C(Cl)(Cl)Cl)n(-c2ccc(Cl)cc2Cl)n1. The number of alkyl halides is 4. The lowest BCUT2D eigenvalue weighted by molar-refractivity contribution is -0.116. The average molecular weight is 653 g/mol. The van der Waals surface area contributed by atoms with Gasteiger partial charge in [-0.15, -0.1) is 16.7 Å². The number of hydrogen-bond acceptors (Lipinski definition) is 5. The number of aryl methyl sites for hydroxylation is 2. The number of benzene rings is 2. The van der Waals surface area contributed by atoms with Crippen molar-refractivity contribution >= 4 is 87.2 Å². The summed E-state index contributed by atoms with van der Waals surface area (Å²) in [6.07, 6.45) is 3.51. The first-order valence-corrected chi connectivity index (χ1v) is 13.4. The Morgan fingerprint density at radius 3 is 2.23 bits per heavy atom. The third-order valence-corrected chi connectivity index (χ3v) is 6.43. The van der Waals surface area contributed by atoms with Crippen molar-refractivity contribution in [3.8, 4) is 5.69 Å². The number of hydrogen-bond donors (Lipinski definition) is 1. The van der Waals surface area contributed by atoms with E-state index in [4.69, 9.17) is 74.7 Å². The van der Waals surface area contributed by atoms with E-state index in [2.05, 4.69) is 15.2 Å². The lowest BCUT2D eigenvalue weighted by atomic mass is 10.1. The predicted molar refractivity (Wildman–Crippen MR) is 154 cm³/mol. The maximum atomic E-state index is 12.1. The molecule has 9 nitrogen and oxygen atoms in total. The number of carbonyl (C=O) groups excluding carboxylic acids is 1. The fraction of sp³-hybridized carbons (Fsp3) is 0.208. The number of halogens is 6. The summed E-state index contributed by atoms with van der Waals surface area (Å²) in [5.74, 6) is -2.24. The molecule has 0 aliphatic rings. The van der Waals surface area contributed by atoms with Gasteiger partial charge in [0, 0.05) is 17.4 Å². The molecule has 0 bridgehead atoms. The van der Waals surface area contributed by atoms with Gasteiger partial charge in [0.15, 0.2) is 5.82 Å². The largest absolute Gasteiger partial charge is 0.475 e. The summed E-state index contributed by atoms with van der Waals surface area (Å²) in [6, 6.07) is 12.3. The summed E-state index contributed by atoms with van der Waals surface area (Å²) in [5.41, 5.74) is 3.29. The zero-order chi connectivity index (χ0) is 28.9. The summed E-state index contributed by atoms with van der Waals surface area (Å²) in [4.78, 5) is 28.4. The molecule has 2 aromatic heterocycles. The second-order valence-corrected chi connectivity index (χ2v) is 11.3. The number of aromatic carboxylic acids is 1. The molecule has 15 heteroatoms. The van der Waals surface area contributed by atoms with Crippen LogP contribution < -0.4 is 4.90 Å². The molecule has 1 amide bonds. The third-order valence-electron chi connectivity index (χ3n) is 5.16. The minimum Gasteiger partial charge on any atom is -0.475 e. The second kappa shape index (κ2) is 13.2. The molecule has 4 rings (SSSR count). The third kappa shape index (κ3) is 7.78. The fourth-order valence-corrected chi connectivity index (χ4v) is 4.51. The van der Waals surface area contributed by atoms with Crippen molar-refractivity contribution < 1.29 is 14.7 Å². The van der Waals surface area contributed by atoms with Crippen molar-refractivity contribution in [1.82, 2.24) is 24.5 Å². The number of carboxylic acid groups (broad SMARTS) is 1. The van der Waals surface area contributed by atoms with Crippen LogP contribution in [0.5, 0.6) is 0 Å². The van der Waals surface area contributed by atoms with Crippen LogP contribution in [-0.2, 0) is 15.3 Å². The molecule has 0 aliphatic heterocycles. The van der Waals surface area contributed by atoms with Crippen LogP contribution in [0.4, 0.5) is 5.69 Å². The number of carboxylic acids is 1. The van der Waals surface area contributed by atoms with Crippen molar-refractivity contribution in [3.05, 3.63) is 87.7 Å². The Balaban J connectivity index is 0.000000216. The van der Waals surface area contributed by atoms with Gasteiger partial charge in [0.05, 0.1) is 16.4 Å². The molecule has 1 N–H and O–H groups in total. The van der Waals surface area contributed by atoms with E-state index in [0.29, 0.717) is 11.7 Å². The van der Waals surface area contributed by atoms with Gasteiger partial charge in [-0.05, 0) is 49.2 Å². The highest BCUT2D eigenvalue weighted by Gasteiger charge is 2.33. The quantitative estimate of drug-likeness (QED) is 0.229. The normalized spacial score (nSPS) is 11.1. The zero-order valence-electron chi connectivity index (χ0n) is 20.3. The Bertz CT molecular complexity index is 1450. The summed E-state index contributed by atoms with van der Waals surface area (Å²) < 4.78 is 0.787. The van der Waals surface area contributed by atoms with Crippen molar-refractivity contribution in [1.29, 1.82) is 0 Å². The number of rotatable bonds is 6. The highest BCUT2D eigenvalue weighted by atomic mass is 35.6. The molecule has 0 unspecified atom stereocenters. The van der Waals surface area contributed by atoms with Gasteiger partial charge in [-0.3, -0.25) is 14.4 Å². The predicted octanol–water partition coefficient (Wildman–Crippen LogP) is 6.83. The second-order valence-electron chi connectivity index (χ2n) is 7.95. The molecule has 4 aromatic rings. The number of anilines is 1. The monoisotopic (exact) mass is 650 g/mol. The topological polar surface area (TPSA) is 106 Å². The van der Waals surface area contributed by atoms with Gasteiger partial charge >= 0.3 is 5.97 Å². The van der Waals surface area contributed by atoms with Gasteiger partial charge in [0.2, 0.25) is 9.70 Å². The van der Waals surface area contributed by atoms with Gasteiger partial charge in [-0.2, -0.15) is 5.10 Å². The van der Waals surface area contributed by atoms with Crippen molar-refractivity contribution in [2.75, 3.05) is 10.8 Å². The summed E-state index contributed by atoms with van der Waals surface area (Å²) in [6.45, 7) is 4.34. The first-order chi connectivity index (χ1) is 18.3. The van der Waals surface area contributed by atoms with Gasteiger partial charge in [0.25, 0.3) is 5.82 Å². The number of para-hydroxylation sites is 1. The van der Waals surface area contributed by atoms with E-state index in [1.165, 1.54) is 18.2 Å². The molecular formula is C24H20Cl6N6O3. The lowest BCUT2D eigenvalue weighted by Crippen LogP contribution is -2.35. The van der Waals surface area contributed by atoms with Crippen LogP contribution in [0.15, 0.2) is 54.9 Å². The van der Waals surface area contributed by atoms with E-state index >= 15 is 0 Å². The summed E-state index contributed by atoms with van der Waals surface area (Å²) in [7, 11) is 0. The Hall–Kier alpha value is -2.53. The molecule has 39 heavy (non-hydrogen) atoms. The van der Waals surface area contributed by atoms with Gasteiger partial charge < -0.3 is 5.11 Å². The maximum Gasteiger partial charge on any atom is 0.375 e. The van der Waals surface area contributed by atoms with Crippen molar-refractivity contribution in [2.24, 2.45) is 0 Å². The first kappa shape index (κ1) is 31.0. The number of carbonyl (C=O) groups is 2. The van der Waals surface area contributed by atoms with E-state index in [0.717, 1.165) is 21.5 Å². The fourth-order valence-electron chi connectivity index (χ4n) is 3.51. The first-order valence-electron chi connectivity index (χ1n) is 11.0. The Morgan fingerprint density at radius 1 is 1.05 bits per heavy atom. The molecule has 0 saturated heterocycles. The van der Waals surface area contributed by atoms with Crippen LogP contribution in [0.1, 0.15) is 27.6 Å². The summed E-state index contributed by atoms with van der Waals surface area (Å²) >= 11 is 34.8. The molecule has 206 valence electrons. The number of nitrogens with zero attached hydrogens (tertiary/aromatic N) is 6. The van der Waals surface area contributed by atoms with Crippen LogP contribution in [-0.4, -0.2) is 47.4 Å². The molecule has 0 atom stereocenters. The highest BCUT2D eigenvalue weighted by Crippen LogP contribution is 2.39. The molecule has 0 fully saturated rings. The number of aromatic nitrogens is 5. The molecule has 2 heterocycles. The van der Waals surface area contributed by atoms with Crippen molar-refractivity contribution in [3.63, 3.8) is 0 Å². The molecule has 0 spiro atoms. The Labute approximate surface area is 253 Å². The molecule has 0 saturated carbocycles. The van der Waals surface area contributed by atoms with Crippen LogP contribution >= 0.6 is 69.6 Å². The highest BCUT2D eigenvalue weighted by molar-refractivity contribution is 6.66. The van der Waals surface area contributed by atoms with Crippen LogP contribution in [0.2, 0.25) is 10.0 Å². The Kier molecular flexibility index (Phi) is 10.5. The molecule has 2 aromatic carbocycles. The molecule has 0 aliphatic carbocycles. The van der Waals surface area contributed by atoms with E-state index in [1.54, 1.807) is 15.8 Å². The Morgan fingerprint density at radius 2 is 1.72 bits per heavy atom. The van der Waals surface area contributed by atoms with E-state index < -0.39 is 15.6 Å². The van der Waals surface area contributed by atoms with E-state index in [-0.39, 0.29) is 28.3 Å². The zero-order valence-corrected chi connectivity index (χ0v) is 24.9. The average Bonchev–Trinajstić information content (AvgIpc) is 3.53. The summed E-state index contributed by atoms with van der Waals surface area (Å²) in [5, 5.41) is 17.4. The van der Waals surface area contributed by atoms with E-state index in [9.17, 15) is 9.59 Å². The van der Waals surface area contributed by atoms with Crippen molar-refractivity contribution in [2.45, 2.75) is 24.3 Å². The molecule has 0 radical (unpaired) electrons. The minimum absolute atomic E-state index is 0.0466. The maximum absolute atomic E-state index is 12.1. The van der Waals surface area contributed by atoms with Gasteiger partial charge in [-0.25, -0.2) is 14.5 Å². The minimum atomic E-state index is -1.97. The number of amides is 1. The van der Waals surface area contributed by atoms with Gasteiger partial charge in [-0.1, -0.05) is 76.2 Å². The van der Waals surface area contributed by atoms with Crippen LogP contribution in [0.3, 0.4) is 0 Å². The van der Waals surface area contributed by atoms with Crippen LogP contribution in [0.25, 0.3) is 5.69 Å². The molecular weight excluding hydrogens is 633 g/mol.